The minimum Gasteiger partial charge on any atom is -0.396 e. The first-order chi connectivity index (χ1) is 8.60. The first kappa shape index (κ1) is 12.2. The van der Waals surface area contributed by atoms with Crippen LogP contribution < -0.4 is 11.1 Å². The number of aromatic nitrogens is 4. The summed E-state index contributed by atoms with van der Waals surface area (Å²) in [6.07, 6.45) is 3.47. The Kier molecular flexibility index (Phi) is 3.31. The molecule has 0 aromatic carbocycles. The topological polar surface area (TPSA) is 90.8 Å². The third kappa shape index (κ3) is 2.50. The number of nitrogens with two attached hydrogens (primary N) is 1. The third-order valence-electron chi connectivity index (χ3n) is 2.53. The van der Waals surface area contributed by atoms with Gasteiger partial charge in [0.05, 0.1) is 17.9 Å². The standard InChI is InChI=1S/C11H16N6O/c1-3-17-7-9(12)10(15-17)11(18)13-6-8-4-5-16(2)14-8/h4-5,7H,3,6,12H2,1-2H3,(H,13,18). The first-order valence-corrected chi connectivity index (χ1v) is 5.69. The lowest BCUT2D eigenvalue weighted by Crippen LogP contribution is -2.24. The lowest BCUT2D eigenvalue weighted by atomic mass is 10.3. The summed E-state index contributed by atoms with van der Waals surface area (Å²) in [5.41, 5.74) is 7.16. The van der Waals surface area contributed by atoms with Crippen LogP contribution in [-0.2, 0) is 20.1 Å². The van der Waals surface area contributed by atoms with Gasteiger partial charge in [-0.1, -0.05) is 0 Å². The molecule has 0 bridgehead atoms. The maximum atomic E-state index is 11.9. The smallest absolute Gasteiger partial charge is 0.274 e. The average Bonchev–Trinajstić information content (AvgIpc) is 2.92. The van der Waals surface area contributed by atoms with E-state index in [0.29, 0.717) is 18.8 Å². The van der Waals surface area contributed by atoms with Crippen molar-refractivity contribution in [2.24, 2.45) is 7.05 Å². The number of rotatable bonds is 4. The van der Waals surface area contributed by atoms with Crippen LogP contribution in [0.2, 0.25) is 0 Å². The van der Waals surface area contributed by atoms with Crippen LogP contribution in [0.1, 0.15) is 23.1 Å². The molecule has 7 heteroatoms. The van der Waals surface area contributed by atoms with Crippen LogP contribution in [-0.4, -0.2) is 25.5 Å². The zero-order valence-corrected chi connectivity index (χ0v) is 10.4. The summed E-state index contributed by atoms with van der Waals surface area (Å²) in [5, 5.41) is 11.0. The van der Waals surface area contributed by atoms with Gasteiger partial charge in [-0.15, -0.1) is 0 Å². The van der Waals surface area contributed by atoms with Gasteiger partial charge in [-0.3, -0.25) is 14.2 Å². The normalized spacial score (nSPS) is 10.6. The van der Waals surface area contributed by atoms with Crippen molar-refractivity contribution in [1.29, 1.82) is 0 Å². The third-order valence-corrected chi connectivity index (χ3v) is 2.53. The molecular formula is C11H16N6O. The van der Waals surface area contributed by atoms with Gasteiger partial charge in [-0.05, 0) is 13.0 Å². The van der Waals surface area contributed by atoms with Crippen LogP contribution in [0.4, 0.5) is 5.69 Å². The average molecular weight is 248 g/mol. The Morgan fingerprint density at radius 1 is 1.50 bits per heavy atom. The lowest BCUT2D eigenvalue weighted by molar-refractivity contribution is 0.0945. The molecule has 0 atom stereocenters. The Hall–Kier alpha value is -2.31. The van der Waals surface area contributed by atoms with E-state index in [4.69, 9.17) is 5.73 Å². The number of nitrogens with one attached hydrogen (secondary N) is 1. The summed E-state index contributed by atoms with van der Waals surface area (Å²) in [7, 11) is 1.83. The maximum Gasteiger partial charge on any atom is 0.274 e. The highest BCUT2D eigenvalue weighted by Crippen LogP contribution is 2.08. The van der Waals surface area contributed by atoms with Gasteiger partial charge in [0.2, 0.25) is 0 Å². The highest BCUT2D eigenvalue weighted by atomic mass is 16.2. The van der Waals surface area contributed by atoms with Crippen molar-refractivity contribution in [3.05, 3.63) is 29.8 Å². The van der Waals surface area contributed by atoms with Crippen LogP contribution in [0.3, 0.4) is 0 Å². The molecule has 18 heavy (non-hydrogen) atoms. The van der Waals surface area contributed by atoms with Crippen LogP contribution in [0.5, 0.6) is 0 Å². The van der Waals surface area contributed by atoms with E-state index in [-0.39, 0.29) is 11.6 Å². The molecule has 2 rings (SSSR count). The summed E-state index contributed by atoms with van der Waals surface area (Å²) in [6, 6.07) is 1.84. The number of amides is 1. The van der Waals surface area contributed by atoms with E-state index in [0.717, 1.165) is 5.69 Å². The number of hydrogen-bond donors (Lipinski definition) is 2. The van der Waals surface area contributed by atoms with Crippen LogP contribution in [0, 0.1) is 0 Å². The number of carbonyl (C=O) groups excluding carboxylic acids is 1. The summed E-state index contributed by atoms with van der Waals surface area (Å²) >= 11 is 0. The number of nitrogens with zero attached hydrogens (tertiary/aromatic N) is 4. The van der Waals surface area contributed by atoms with E-state index in [1.165, 1.54) is 0 Å². The monoisotopic (exact) mass is 248 g/mol. The molecule has 0 saturated heterocycles. The number of nitrogen functional groups attached to an aromatic ring is 1. The predicted octanol–water partition coefficient (Wildman–Crippen LogP) is 0.149. The molecule has 0 radical (unpaired) electrons. The molecule has 0 aliphatic carbocycles. The summed E-state index contributed by atoms with van der Waals surface area (Å²) in [5.74, 6) is -0.287. The van der Waals surface area contributed by atoms with E-state index in [2.05, 4.69) is 15.5 Å². The molecule has 0 unspecified atom stereocenters. The van der Waals surface area contributed by atoms with Crippen LogP contribution in [0.15, 0.2) is 18.5 Å². The fourth-order valence-electron chi connectivity index (χ4n) is 1.59. The molecule has 7 nitrogen and oxygen atoms in total. The van der Waals surface area contributed by atoms with Crippen molar-refractivity contribution >= 4 is 11.6 Å². The second-order valence-corrected chi connectivity index (χ2v) is 3.95. The molecule has 2 aromatic heterocycles. The number of carbonyl (C=O) groups is 1. The molecule has 0 spiro atoms. The van der Waals surface area contributed by atoms with Crippen molar-refractivity contribution in [1.82, 2.24) is 24.9 Å². The first-order valence-electron chi connectivity index (χ1n) is 5.69. The molecular weight excluding hydrogens is 232 g/mol. The molecule has 0 saturated carbocycles. The maximum absolute atomic E-state index is 11.9. The van der Waals surface area contributed by atoms with E-state index >= 15 is 0 Å². The second kappa shape index (κ2) is 4.91. The van der Waals surface area contributed by atoms with Crippen LogP contribution >= 0.6 is 0 Å². The van der Waals surface area contributed by atoms with Crippen molar-refractivity contribution in [3.63, 3.8) is 0 Å². The molecule has 2 aromatic rings. The van der Waals surface area contributed by atoms with Gasteiger partial charge in [0, 0.05) is 26.0 Å². The van der Waals surface area contributed by atoms with Gasteiger partial charge in [0.25, 0.3) is 5.91 Å². The summed E-state index contributed by atoms with van der Waals surface area (Å²) < 4.78 is 3.31. The Labute approximate surface area is 105 Å². The van der Waals surface area contributed by atoms with Gasteiger partial charge in [0.15, 0.2) is 5.69 Å². The Morgan fingerprint density at radius 3 is 2.83 bits per heavy atom. The minimum atomic E-state index is -0.287. The zero-order chi connectivity index (χ0) is 13.1. The Bertz CT molecular complexity index is 556. The predicted molar refractivity (Wildman–Crippen MR) is 66.7 cm³/mol. The quantitative estimate of drug-likeness (QED) is 0.805. The van der Waals surface area contributed by atoms with Crippen molar-refractivity contribution in [2.45, 2.75) is 20.0 Å². The Balaban J connectivity index is 2.01. The SMILES string of the molecule is CCn1cc(N)c(C(=O)NCc2ccn(C)n2)n1. The van der Waals surface area contributed by atoms with Crippen molar-refractivity contribution in [2.75, 3.05) is 5.73 Å². The number of aryl methyl sites for hydroxylation is 2. The molecule has 2 heterocycles. The molecule has 1 amide bonds. The van der Waals surface area contributed by atoms with Gasteiger partial charge in [-0.2, -0.15) is 10.2 Å². The van der Waals surface area contributed by atoms with Crippen molar-refractivity contribution < 1.29 is 4.79 Å². The van der Waals surface area contributed by atoms with Crippen LogP contribution in [0.25, 0.3) is 0 Å². The summed E-state index contributed by atoms with van der Waals surface area (Å²) in [4.78, 5) is 11.9. The summed E-state index contributed by atoms with van der Waals surface area (Å²) in [6.45, 7) is 2.97. The fourth-order valence-corrected chi connectivity index (χ4v) is 1.59. The molecule has 0 fully saturated rings. The largest absolute Gasteiger partial charge is 0.396 e. The molecule has 0 aliphatic heterocycles. The molecule has 96 valence electrons. The molecule has 0 aliphatic rings. The highest BCUT2D eigenvalue weighted by Gasteiger charge is 2.14. The van der Waals surface area contributed by atoms with E-state index in [9.17, 15) is 4.79 Å². The van der Waals surface area contributed by atoms with Crippen molar-refractivity contribution in [3.8, 4) is 0 Å². The van der Waals surface area contributed by atoms with Gasteiger partial charge >= 0.3 is 0 Å². The lowest BCUT2D eigenvalue weighted by Gasteiger charge is -2.01. The minimum absolute atomic E-state index is 0.257. The van der Waals surface area contributed by atoms with E-state index in [1.54, 1.807) is 15.6 Å². The second-order valence-electron chi connectivity index (χ2n) is 3.95. The van der Waals surface area contributed by atoms with Gasteiger partial charge in [0.1, 0.15) is 0 Å². The highest BCUT2D eigenvalue weighted by molar-refractivity contribution is 5.96. The van der Waals surface area contributed by atoms with Gasteiger partial charge in [-0.25, -0.2) is 0 Å². The Morgan fingerprint density at radius 2 is 2.28 bits per heavy atom. The zero-order valence-electron chi connectivity index (χ0n) is 10.4. The molecule has 3 N–H and O–H groups in total. The fraction of sp³-hybridized carbons (Fsp3) is 0.364. The van der Waals surface area contributed by atoms with E-state index < -0.39 is 0 Å². The van der Waals surface area contributed by atoms with Gasteiger partial charge < -0.3 is 11.1 Å². The van der Waals surface area contributed by atoms with E-state index in [1.807, 2.05) is 26.2 Å². The number of anilines is 1. The number of hydrogen-bond acceptors (Lipinski definition) is 4.